The van der Waals surface area contributed by atoms with Crippen molar-refractivity contribution in [3.63, 3.8) is 0 Å². The highest BCUT2D eigenvalue weighted by Gasteiger charge is 2.15. The van der Waals surface area contributed by atoms with E-state index in [1.165, 1.54) is 17.5 Å². The molecule has 0 bridgehead atoms. The Kier molecular flexibility index (Phi) is 9.06. The van der Waals surface area contributed by atoms with Crippen molar-refractivity contribution in [1.82, 2.24) is 9.97 Å². The SMILES string of the molecule is CC.COc1ccc(NSc2ccc(C(C)(C)C)cc2)nc1CC(=O)c1cccnc1. The topological polar surface area (TPSA) is 64.1 Å². The van der Waals surface area contributed by atoms with E-state index in [9.17, 15) is 4.79 Å². The van der Waals surface area contributed by atoms with Gasteiger partial charge in [-0.15, -0.1) is 0 Å². The Labute approximate surface area is 189 Å². The van der Waals surface area contributed by atoms with E-state index in [4.69, 9.17) is 4.74 Å². The fraction of sp³-hybridized carbons (Fsp3) is 0.320. The number of hydrogen-bond acceptors (Lipinski definition) is 6. The lowest BCUT2D eigenvalue weighted by molar-refractivity contribution is 0.0990. The molecular weight excluding hydrogens is 406 g/mol. The highest BCUT2D eigenvalue weighted by atomic mass is 32.2. The van der Waals surface area contributed by atoms with Gasteiger partial charge in [-0.3, -0.25) is 9.78 Å². The number of carbonyl (C=O) groups excluding carboxylic acids is 1. The van der Waals surface area contributed by atoms with Crippen molar-refractivity contribution in [3.05, 3.63) is 77.7 Å². The van der Waals surface area contributed by atoms with Gasteiger partial charge in [0.05, 0.1) is 19.2 Å². The summed E-state index contributed by atoms with van der Waals surface area (Å²) in [4.78, 5) is 22.2. The molecule has 0 fully saturated rings. The molecule has 5 nitrogen and oxygen atoms in total. The van der Waals surface area contributed by atoms with Gasteiger partial charge < -0.3 is 9.46 Å². The van der Waals surface area contributed by atoms with Gasteiger partial charge in [-0.1, -0.05) is 46.8 Å². The largest absolute Gasteiger partial charge is 0.495 e. The molecule has 1 aromatic carbocycles. The second-order valence-electron chi connectivity index (χ2n) is 7.67. The molecule has 31 heavy (non-hydrogen) atoms. The van der Waals surface area contributed by atoms with Crippen molar-refractivity contribution < 1.29 is 9.53 Å². The third kappa shape index (κ3) is 7.10. The van der Waals surface area contributed by atoms with Crippen molar-refractivity contribution in [2.75, 3.05) is 11.8 Å². The second kappa shape index (κ2) is 11.5. The standard InChI is InChI=1S/C23H25N3O2S.C2H6/c1-23(2,3)17-7-9-18(10-8-17)29-26-22-12-11-21(28-4)19(25-22)14-20(27)16-6-5-13-24-15-16;1-2/h5-13,15H,14H2,1-4H3,(H,25,26);1-2H3. The molecule has 164 valence electrons. The summed E-state index contributed by atoms with van der Waals surface area (Å²) >= 11 is 1.48. The first-order valence-corrected chi connectivity index (χ1v) is 11.2. The number of methoxy groups -OCH3 is 1. The summed E-state index contributed by atoms with van der Waals surface area (Å²) in [5.41, 5.74) is 2.57. The number of carbonyl (C=O) groups is 1. The lowest BCUT2D eigenvalue weighted by Crippen LogP contribution is -2.10. The molecule has 0 radical (unpaired) electrons. The van der Waals surface area contributed by atoms with Crippen molar-refractivity contribution in [2.45, 2.75) is 51.3 Å². The fourth-order valence-corrected chi connectivity index (χ4v) is 3.38. The van der Waals surface area contributed by atoms with E-state index in [-0.39, 0.29) is 17.6 Å². The number of ketones is 1. The van der Waals surface area contributed by atoms with Gasteiger partial charge in [-0.05, 0) is 59.3 Å². The van der Waals surface area contributed by atoms with Crippen LogP contribution in [0.5, 0.6) is 5.75 Å². The average Bonchev–Trinajstić information content (AvgIpc) is 2.79. The monoisotopic (exact) mass is 437 g/mol. The van der Waals surface area contributed by atoms with Gasteiger partial charge in [-0.2, -0.15) is 0 Å². The zero-order valence-electron chi connectivity index (χ0n) is 19.1. The Hall–Kier alpha value is -2.86. The molecule has 2 heterocycles. The van der Waals surface area contributed by atoms with Crippen LogP contribution in [0.4, 0.5) is 5.82 Å². The van der Waals surface area contributed by atoms with Gasteiger partial charge in [-0.25, -0.2) is 4.98 Å². The van der Waals surface area contributed by atoms with Crippen LogP contribution in [0.2, 0.25) is 0 Å². The van der Waals surface area contributed by atoms with Crippen LogP contribution < -0.4 is 9.46 Å². The zero-order chi connectivity index (χ0) is 22.9. The minimum absolute atomic E-state index is 0.0496. The third-order valence-electron chi connectivity index (χ3n) is 4.46. The first-order chi connectivity index (χ1) is 14.9. The maximum absolute atomic E-state index is 12.5. The molecule has 2 aromatic heterocycles. The van der Waals surface area contributed by atoms with Gasteiger partial charge in [0, 0.05) is 22.9 Å². The first-order valence-electron chi connectivity index (χ1n) is 10.4. The summed E-state index contributed by atoms with van der Waals surface area (Å²) in [5.74, 6) is 1.21. The number of rotatable bonds is 7. The lowest BCUT2D eigenvalue weighted by atomic mass is 9.87. The summed E-state index contributed by atoms with van der Waals surface area (Å²) in [6.07, 6.45) is 3.36. The minimum atomic E-state index is -0.0496. The number of Topliss-reactive ketones (excluding diaryl/α,β-unsaturated/α-hetero) is 1. The summed E-state index contributed by atoms with van der Waals surface area (Å²) in [6, 6.07) is 15.6. The van der Waals surface area contributed by atoms with Crippen molar-refractivity contribution in [1.29, 1.82) is 0 Å². The molecule has 0 saturated carbocycles. The Morgan fingerprint density at radius 1 is 1.06 bits per heavy atom. The van der Waals surface area contributed by atoms with Gasteiger partial charge in [0.1, 0.15) is 11.6 Å². The van der Waals surface area contributed by atoms with Crippen LogP contribution in [0, 0.1) is 0 Å². The molecule has 1 N–H and O–H groups in total. The minimum Gasteiger partial charge on any atom is -0.495 e. The number of anilines is 1. The smallest absolute Gasteiger partial charge is 0.170 e. The van der Waals surface area contributed by atoms with Crippen LogP contribution in [-0.4, -0.2) is 22.9 Å². The average molecular weight is 438 g/mol. The van der Waals surface area contributed by atoms with E-state index in [2.05, 4.69) is 59.7 Å². The van der Waals surface area contributed by atoms with E-state index in [1.807, 2.05) is 26.0 Å². The van der Waals surface area contributed by atoms with E-state index >= 15 is 0 Å². The predicted molar refractivity (Wildman–Crippen MR) is 129 cm³/mol. The lowest BCUT2D eigenvalue weighted by Gasteiger charge is -2.19. The van der Waals surface area contributed by atoms with Crippen molar-refractivity contribution in [2.24, 2.45) is 0 Å². The van der Waals surface area contributed by atoms with Crippen LogP contribution in [0.15, 0.2) is 65.8 Å². The van der Waals surface area contributed by atoms with Gasteiger partial charge in [0.15, 0.2) is 5.78 Å². The van der Waals surface area contributed by atoms with Crippen LogP contribution in [0.3, 0.4) is 0 Å². The number of benzene rings is 1. The summed E-state index contributed by atoms with van der Waals surface area (Å²) in [5, 5.41) is 0. The van der Waals surface area contributed by atoms with E-state index in [0.29, 0.717) is 22.8 Å². The predicted octanol–water partition coefficient (Wildman–Crippen LogP) is 6.35. The van der Waals surface area contributed by atoms with E-state index in [0.717, 1.165) is 4.90 Å². The Bertz CT molecular complexity index is 968. The normalized spacial score (nSPS) is 10.6. The molecule has 3 rings (SSSR count). The van der Waals surface area contributed by atoms with Crippen LogP contribution in [-0.2, 0) is 11.8 Å². The number of pyridine rings is 2. The van der Waals surface area contributed by atoms with Crippen LogP contribution in [0.1, 0.15) is 56.2 Å². The molecule has 0 atom stereocenters. The zero-order valence-corrected chi connectivity index (χ0v) is 19.9. The summed E-state index contributed by atoms with van der Waals surface area (Å²) < 4.78 is 8.63. The third-order valence-corrected chi connectivity index (χ3v) is 5.28. The molecular formula is C25H31N3O2S. The summed E-state index contributed by atoms with van der Waals surface area (Å²) in [6.45, 7) is 10.6. The van der Waals surface area contributed by atoms with E-state index in [1.54, 1.807) is 31.6 Å². The van der Waals surface area contributed by atoms with Crippen LogP contribution in [0.25, 0.3) is 0 Å². The number of ether oxygens (including phenoxy) is 1. The molecule has 0 saturated heterocycles. The Morgan fingerprint density at radius 2 is 1.77 bits per heavy atom. The van der Waals surface area contributed by atoms with E-state index < -0.39 is 0 Å². The van der Waals surface area contributed by atoms with Crippen molar-refractivity contribution in [3.8, 4) is 5.75 Å². The number of aromatic nitrogens is 2. The second-order valence-corrected chi connectivity index (χ2v) is 8.55. The maximum atomic E-state index is 12.5. The first kappa shape index (κ1) is 24.4. The highest BCUT2D eigenvalue weighted by molar-refractivity contribution is 8.00. The van der Waals surface area contributed by atoms with Crippen LogP contribution >= 0.6 is 11.9 Å². The molecule has 0 spiro atoms. The molecule has 0 aliphatic heterocycles. The van der Waals surface area contributed by atoms with Gasteiger partial charge >= 0.3 is 0 Å². The Morgan fingerprint density at radius 3 is 2.35 bits per heavy atom. The van der Waals surface area contributed by atoms with Gasteiger partial charge in [0.2, 0.25) is 0 Å². The Balaban J connectivity index is 0.00000166. The molecule has 0 aliphatic rings. The number of hydrogen-bond donors (Lipinski definition) is 1. The number of nitrogens with one attached hydrogen (secondary N) is 1. The molecule has 0 unspecified atom stereocenters. The number of nitrogens with zero attached hydrogens (tertiary/aromatic N) is 2. The molecule has 3 aromatic rings. The molecule has 0 aliphatic carbocycles. The molecule has 0 amide bonds. The maximum Gasteiger partial charge on any atom is 0.170 e. The summed E-state index contributed by atoms with van der Waals surface area (Å²) in [7, 11) is 1.58. The van der Waals surface area contributed by atoms with Gasteiger partial charge in [0.25, 0.3) is 0 Å². The van der Waals surface area contributed by atoms with Crippen molar-refractivity contribution >= 4 is 23.5 Å². The highest BCUT2D eigenvalue weighted by Crippen LogP contribution is 2.27. The quantitative estimate of drug-likeness (QED) is 0.343. The fourth-order valence-electron chi connectivity index (χ4n) is 2.77. The molecule has 6 heteroatoms.